The number of hydrogen-bond acceptors (Lipinski definition) is 7. The van der Waals surface area contributed by atoms with Gasteiger partial charge in [0.05, 0.1) is 11.4 Å². The molecule has 0 saturated carbocycles. The highest BCUT2D eigenvalue weighted by atomic mass is 19.4. The fourth-order valence-electron chi connectivity index (χ4n) is 4.80. The molecule has 0 radical (unpaired) electrons. The van der Waals surface area contributed by atoms with Crippen LogP contribution in [-0.4, -0.2) is 68.6 Å². The summed E-state index contributed by atoms with van der Waals surface area (Å²) in [5.74, 6) is -0.199. The number of halogens is 4. The van der Waals surface area contributed by atoms with Crippen LogP contribution in [0.2, 0.25) is 0 Å². The third kappa shape index (κ3) is 5.25. The highest BCUT2D eigenvalue weighted by Crippen LogP contribution is 2.39. The first-order valence-electron chi connectivity index (χ1n) is 13.3. The third-order valence-corrected chi connectivity index (χ3v) is 7.46. The van der Waals surface area contributed by atoms with Crippen molar-refractivity contribution in [2.75, 3.05) is 43.4 Å². The van der Waals surface area contributed by atoms with Gasteiger partial charge in [-0.3, -0.25) is 4.79 Å². The van der Waals surface area contributed by atoms with E-state index in [-0.39, 0.29) is 34.5 Å². The highest BCUT2D eigenvalue weighted by molar-refractivity contribution is 5.77. The molecule has 1 aliphatic heterocycles. The molecule has 41 heavy (non-hydrogen) atoms. The third-order valence-electron chi connectivity index (χ3n) is 7.46. The number of anilines is 3. The molecule has 5 rings (SSSR count). The van der Waals surface area contributed by atoms with E-state index in [1.165, 1.54) is 39.8 Å². The Morgan fingerprint density at radius 3 is 2.34 bits per heavy atom. The van der Waals surface area contributed by atoms with Gasteiger partial charge in [-0.25, -0.2) is 23.7 Å². The van der Waals surface area contributed by atoms with Gasteiger partial charge in [0.15, 0.2) is 11.5 Å². The van der Waals surface area contributed by atoms with E-state index in [2.05, 4.69) is 25.2 Å². The second-order valence-corrected chi connectivity index (χ2v) is 11.1. The van der Waals surface area contributed by atoms with E-state index in [1.807, 2.05) is 11.9 Å². The van der Waals surface area contributed by atoms with E-state index in [0.717, 1.165) is 40.0 Å². The lowest BCUT2D eigenvalue weighted by Gasteiger charge is -2.34. The second kappa shape index (κ2) is 10.4. The number of nitrogens with one attached hydrogen (secondary N) is 1. The lowest BCUT2D eigenvalue weighted by molar-refractivity contribution is -0.181. The van der Waals surface area contributed by atoms with Crippen LogP contribution < -0.4 is 15.8 Å². The Hall–Kier alpha value is -4.00. The van der Waals surface area contributed by atoms with Gasteiger partial charge < -0.3 is 15.1 Å². The molecule has 4 aromatic rings. The van der Waals surface area contributed by atoms with E-state index in [4.69, 9.17) is 0 Å². The van der Waals surface area contributed by atoms with E-state index in [9.17, 15) is 18.0 Å². The standard InChI is InChI=1S/C28H32F4N8O/c1-17(2)39-25(41)19-16-33-26(34-18-9-10-21(20(29)15-18)38-13-11-37(5)12-14-38)36-24(19)40(39)23-8-6-7-22(35-23)27(3,4)28(30,31)32/h6-10,15-17H,11-14H2,1-5H3,(H,33,34,36). The zero-order valence-corrected chi connectivity index (χ0v) is 23.5. The number of rotatable bonds is 6. The molecule has 218 valence electrons. The van der Waals surface area contributed by atoms with Crippen molar-refractivity contribution in [1.82, 2.24) is 29.2 Å². The Morgan fingerprint density at radius 1 is 1.00 bits per heavy atom. The predicted octanol–water partition coefficient (Wildman–Crippen LogP) is 5.03. The van der Waals surface area contributed by atoms with Crippen LogP contribution >= 0.6 is 0 Å². The summed E-state index contributed by atoms with van der Waals surface area (Å²) in [6, 6.07) is 8.71. The van der Waals surface area contributed by atoms with Crippen LogP contribution in [0.5, 0.6) is 0 Å². The Labute approximate surface area is 234 Å². The van der Waals surface area contributed by atoms with E-state index in [1.54, 1.807) is 26.0 Å². The molecule has 4 heterocycles. The molecular formula is C28H32F4N8O. The summed E-state index contributed by atoms with van der Waals surface area (Å²) >= 11 is 0. The van der Waals surface area contributed by atoms with Crippen molar-refractivity contribution in [1.29, 1.82) is 0 Å². The van der Waals surface area contributed by atoms with Gasteiger partial charge in [-0.1, -0.05) is 6.07 Å². The fourth-order valence-corrected chi connectivity index (χ4v) is 4.80. The molecule has 0 bridgehead atoms. The topological polar surface area (TPSA) is 84.1 Å². The first kappa shape index (κ1) is 28.5. The summed E-state index contributed by atoms with van der Waals surface area (Å²) < 4.78 is 59.2. The monoisotopic (exact) mass is 572 g/mol. The summed E-state index contributed by atoms with van der Waals surface area (Å²) in [5, 5.41) is 3.15. The van der Waals surface area contributed by atoms with Crippen molar-refractivity contribution in [3.05, 3.63) is 64.5 Å². The van der Waals surface area contributed by atoms with Crippen LogP contribution in [0, 0.1) is 5.82 Å². The number of nitrogens with zero attached hydrogens (tertiary/aromatic N) is 7. The predicted molar refractivity (Wildman–Crippen MR) is 150 cm³/mol. The average molecular weight is 573 g/mol. The average Bonchev–Trinajstić information content (AvgIpc) is 3.20. The fraction of sp³-hybridized carbons (Fsp3) is 0.429. The van der Waals surface area contributed by atoms with Crippen molar-refractivity contribution in [2.24, 2.45) is 0 Å². The minimum atomic E-state index is -4.54. The summed E-state index contributed by atoms with van der Waals surface area (Å²) in [6.45, 7) is 8.79. The number of aromatic nitrogens is 5. The van der Waals surface area contributed by atoms with Gasteiger partial charge in [0, 0.05) is 44.1 Å². The Bertz CT molecular complexity index is 1630. The maximum atomic E-state index is 15.1. The maximum absolute atomic E-state index is 15.1. The number of alkyl halides is 3. The van der Waals surface area contributed by atoms with E-state index < -0.39 is 23.0 Å². The second-order valence-electron chi connectivity index (χ2n) is 11.1. The molecule has 3 aromatic heterocycles. The van der Waals surface area contributed by atoms with Gasteiger partial charge in [0.2, 0.25) is 5.95 Å². The molecule has 0 aliphatic carbocycles. The molecular weight excluding hydrogens is 540 g/mol. The Kier molecular flexibility index (Phi) is 7.26. The van der Waals surface area contributed by atoms with Gasteiger partial charge in [-0.15, -0.1) is 0 Å². The van der Waals surface area contributed by atoms with Crippen LogP contribution in [0.25, 0.3) is 16.9 Å². The minimum Gasteiger partial charge on any atom is -0.367 e. The van der Waals surface area contributed by atoms with Crippen molar-refractivity contribution in [3.63, 3.8) is 0 Å². The first-order chi connectivity index (χ1) is 19.3. The normalized spacial score (nSPS) is 15.2. The number of hydrogen-bond donors (Lipinski definition) is 1. The van der Waals surface area contributed by atoms with Gasteiger partial charge >= 0.3 is 6.18 Å². The molecule has 1 saturated heterocycles. The summed E-state index contributed by atoms with van der Waals surface area (Å²) in [6.07, 6.45) is -3.19. The zero-order chi connectivity index (χ0) is 29.7. The van der Waals surface area contributed by atoms with Crippen molar-refractivity contribution < 1.29 is 17.6 Å². The van der Waals surface area contributed by atoms with E-state index in [0.29, 0.717) is 11.4 Å². The van der Waals surface area contributed by atoms with Crippen LogP contribution in [-0.2, 0) is 5.41 Å². The Morgan fingerprint density at radius 2 is 1.71 bits per heavy atom. The quantitative estimate of drug-likeness (QED) is 0.325. The molecule has 0 atom stereocenters. The highest BCUT2D eigenvalue weighted by Gasteiger charge is 2.49. The number of likely N-dealkylation sites (N-methyl/N-ethyl adjacent to an activating group) is 1. The lowest BCUT2D eigenvalue weighted by Crippen LogP contribution is -2.44. The maximum Gasteiger partial charge on any atom is 0.399 e. The number of pyridine rings is 1. The molecule has 9 nitrogen and oxygen atoms in total. The number of piperazine rings is 1. The molecule has 1 aliphatic rings. The first-order valence-corrected chi connectivity index (χ1v) is 13.3. The van der Waals surface area contributed by atoms with Crippen LogP contribution in [0.3, 0.4) is 0 Å². The van der Waals surface area contributed by atoms with Gasteiger partial charge in [0.25, 0.3) is 5.56 Å². The van der Waals surface area contributed by atoms with Crippen LogP contribution in [0.1, 0.15) is 39.4 Å². The van der Waals surface area contributed by atoms with Crippen molar-refractivity contribution in [2.45, 2.75) is 45.3 Å². The molecule has 0 amide bonds. The SMILES string of the molecule is CC(C)n1c(=O)c2cnc(Nc3ccc(N4CCN(C)CC4)c(F)c3)nc2n1-c1cccc(C(C)(C)C(F)(F)F)n1. The molecule has 13 heteroatoms. The Balaban J connectivity index is 1.54. The van der Waals surface area contributed by atoms with Gasteiger partial charge in [0.1, 0.15) is 16.6 Å². The molecule has 1 aromatic carbocycles. The molecule has 1 fully saturated rings. The molecule has 0 unspecified atom stereocenters. The minimum absolute atomic E-state index is 0.0886. The summed E-state index contributed by atoms with van der Waals surface area (Å²) in [4.78, 5) is 30.6. The smallest absolute Gasteiger partial charge is 0.367 e. The summed E-state index contributed by atoms with van der Waals surface area (Å²) in [7, 11) is 2.03. The van der Waals surface area contributed by atoms with E-state index >= 15 is 4.39 Å². The van der Waals surface area contributed by atoms with Gasteiger partial charge in [-0.05, 0) is 65.1 Å². The number of benzene rings is 1. The van der Waals surface area contributed by atoms with Crippen LogP contribution in [0.4, 0.5) is 34.9 Å². The van der Waals surface area contributed by atoms with Crippen LogP contribution in [0.15, 0.2) is 47.4 Å². The molecule has 1 N–H and O–H groups in total. The summed E-state index contributed by atoms with van der Waals surface area (Å²) in [5.41, 5.74) is -1.76. The number of fused-ring (bicyclic) bond motifs is 1. The van der Waals surface area contributed by atoms with Crippen molar-refractivity contribution >= 4 is 28.4 Å². The zero-order valence-electron chi connectivity index (χ0n) is 23.5. The lowest BCUT2D eigenvalue weighted by atomic mass is 9.88. The van der Waals surface area contributed by atoms with Gasteiger partial charge in [-0.2, -0.15) is 18.2 Å². The largest absolute Gasteiger partial charge is 0.399 e. The molecule has 0 spiro atoms. The van der Waals surface area contributed by atoms with Crippen molar-refractivity contribution in [3.8, 4) is 5.82 Å².